The average molecular weight is 405 g/mol. The third-order valence-electron chi connectivity index (χ3n) is 4.93. The van der Waals surface area contributed by atoms with E-state index in [-0.39, 0.29) is 12.5 Å². The lowest BCUT2D eigenvalue weighted by Crippen LogP contribution is -2.49. The molecule has 1 fully saturated rings. The normalized spacial score (nSPS) is 17.9. The summed E-state index contributed by atoms with van der Waals surface area (Å²) >= 11 is 0. The van der Waals surface area contributed by atoms with Crippen molar-refractivity contribution >= 4 is 21.8 Å². The van der Waals surface area contributed by atoms with Gasteiger partial charge in [-0.1, -0.05) is 30.3 Å². The minimum absolute atomic E-state index is 0.133. The number of anilines is 1. The number of benzene rings is 2. The number of hydrogen-bond donors (Lipinski definition) is 1. The lowest BCUT2D eigenvalue weighted by Gasteiger charge is -2.34. The fourth-order valence-corrected chi connectivity index (χ4v) is 4.72. The van der Waals surface area contributed by atoms with Gasteiger partial charge in [-0.05, 0) is 42.7 Å². The number of amides is 1. The highest BCUT2D eigenvalue weighted by atomic mass is 32.2. The number of halogens is 1. The Bertz CT molecular complexity index is 904. The fraction of sp³-hybridized carbons (Fsp3) is 0.350. The number of carbonyl (C=O) groups excluding carboxylic acids is 1. The van der Waals surface area contributed by atoms with Crippen LogP contribution in [0.2, 0.25) is 0 Å². The molecule has 1 N–H and O–H groups in total. The number of carbonyl (C=O) groups is 1. The second kappa shape index (κ2) is 8.70. The molecule has 1 atom stereocenters. The molecule has 0 aromatic heterocycles. The minimum atomic E-state index is -3.80. The Balaban J connectivity index is 1.64. The van der Waals surface area contributed by atoms with Crippen molar-refractivity contribution in [3.05, 3.63) is 66.0 Å². The first-order valence-electron chi connectivity index (χ1n) is 9.19. The van der Waals surface area contributed by atoms with Crippen LogP contribution in [-0.2, 0) is 21.5 Å². The van der Waals surface area contributed by atoms with Gasteiger partial charge < -0.3 is 5.32 Å². The molecule has 1 aliphatic heterocycles. The zero-order valence-electron chi connectivity index (χ0n) is 15.7. The monoisotopic (exact) mass is 405 g/mol. The lowest BCUT2D eigenvalue weighted by molar-refractivity contribution is -0.126. The van der Waals surface area contributed by atoms with Gasteiger partial charge >= 0.3 is 10.2 Å². The van der Waals surface area contributed by atoms with Crippen molar-refractivity contribution in [3.63, 3.8) is 0 Å². The van der Waals surface area contributed by atoms with Crippen molar-refractivity contribution < 1.29 is 17.6 Å². The fourth-order valence-electron chi connectivity index (χ4n) is 3.25. The zero-order valence-corrected chi connectivity index (χ0v) is 16.5. The molecule has 0 unspecified atom stereocenters. The quantitative estimate of drug-likeness (QED) is 0.803. The smallest absolute Gasteiger partial charge is 0.303 e. The lowest BCUT2D eigenvalue weighted by atomic mass is 9.99. The summed E-state index contributed by atoms with van der Waals surface area (Å²) in [6, 6.07) is 14.8. The largest absolute Gasteiger partial charge is 0.352 e. The van der Waals surface area contributed by atoms with Crippen LogP contribution in [0.1, 0.15) is 18.4 Å². The van der Waals surface area contributed by atoms with Crippen LogP contribution in [0.5, 0.6) is 0 Å². The van der Waals surface area contributed by atoms with Crippen LogP contribution in [0.3, 0.4) is 0 Å². The molecule has 0 saturated carbocycles. The maximum Gasteiger partial charge on any atom is 0.303 e. The molecule has 0 spiro atoms. The van der Waals surface area contributed by atoms with Gasteiger partial charge in [0, 0.05) is 26.7 Å². The SMILES string of the molecule is CN(c1ccc(F)cc1)S(=O)(=O)N1CCC[C@H](C(=O)NCc2ccccc2)C1. The van der Waals surface area contributed by atoms with E-state index < -0.39 is 21.9 Å². The zero-order chi connectivity index (χ0) is 20.1. The highest BCUT2D eigenvalue weighted by Crippen LogP contribution is 2.24. The van der Waals surface area contributed by atoms with E-state index in [0.717, 1.165) is 9.87 Å². The van der Waals surface area contributed by atoms with Crippen molar-refractivity contribution in [1.82, 2.24) is 9.62 Å². The van der Waals surface area contributed by atoms with Gasteiger partial charge in [-0.3, -0.25) is 9.10 Å². The van der Waals surface area contributed by atoms with Crippen molar-refractivity contribution in [2.45, 2.75) is 19.4 Å². The standard InChI is InChI=1S/C20H24FN3O3S/c1-23(19-11-9-18(21)10-12-19)28(26,27)24-13-5-8-17(15-24)20(25)22-14-16-6-3-2-4-7-16/h2-4,6-7,9-12,17H,5,8,13-15H2,1H3,(H,22,25)/t17-/m0/s1. The molecule has 6 nitrogen and oxygen atoms in total. The van der Waals surface area contributed by atoms with E-state index in [9.17, 15) is 17.6 Å². The second-order valence-electron chi connectivity index (χ2n) is 6.85. The predicted molar refractivity (Wildman–Crippen MR) is 106 cm³/mol. The molecule has 1 aliphatic rings. The van der Waals surface area contributed by atoms with Gasteiger partial charge in [-0.25, -0.2) is 4.39 Å². The van der Waals surface area contributed by atoms with Crippen molar-refractivity contribution in [3.8, 4) is 0 Å². The van der Waals surface area contributed by atoms with Crippen LogP contribution in [-0.4, -0.2) is 38.8 Å². The Morgan fingerprint density at radius 2 is 1.86 bits per heavy atom. The van der Waals surface area contributed by atoms with E-state index in [1.54, 1.807) is 0 Å². The maximum absolute atomic E-state index is 13.1. The number of nitrogens with one attached hydrogen (secondary N) is 1. The Kier molecular flexibility index (Phi) is 6.31. The molecule has 0 aliphatic carbocycles. The Hall–Kier alpha value is -2.45. The van der Waals surface area contributed by atoms with E-state index >= 15 is 0 Å². The van der Waals surface area contributed by atoms with E-state index in [2.05, 4.69) is 5.32 Å². The van der Waals surface area contributed by atoms with Gasteiger partial charge in [0.1, 0.15) is 5.82 Å². The van der Waals surface area contributed by atoms with Gasteiger partial charge in [-0.2, -0.15) is 12.7 Å². The third-order valence-corrected chi connectivity index (χ3v) is 6.81. The van der Waals surface area contributed by atoms with Crippen molar-refractivity contribution in [1.29, 1.82) is 0 Å². The average Bonchev–Trinajstić information content (AvgIpc) is 2.73. The number of nitrogens with zero attached hydrogens (tertiary/aromatic N) is 2. The van der Waals surface area contributed by atoms with Gasteiger partial charge in [0.25, 0.3) is 0 Å². The van der Waals surface area contributed by atoms with Crippen LogP contribution < -0.4 is 9.62 Å². The van der Waals surface area contributed by atoms with E-state index in [1.165, 1.54) is 35.6 Å². The molecule has 8 heteroatoms. The molecule has 1 saturated heterocycles. The van der Waals surface area contributed by atoms with Crippen LogP contribution in [0.4, 0.5) is 10.1 Å². The van der Waals surface area contributed by atoms with E-state index in [0.29, 0.717) is 31.6 Å². The van der Waals surface area contributed by atoms with Crippen LogP contribution in [0, 0.1) is 11.7 Å². The summed E-state index contributed by atoms with van der Waals surface area (Å²) in [6.07, 6.45) is 1.26. The van der Waals surface area contributed by atoms with Crippen molar-refractivity contribution in [2.75, 3.05) is 24.4 Å². The van der Waals surface area contributed by atoms with Gasteiger partial charge in [0.05, 0.1) is 11.6 Å². The molecule has 3 rings (SSSR count). The van der Waals surface area contributed by atoms with E-state index in [1.807, 2.05) is 30.3 Å². The van der Waals surface area contributed by atoms with Gasteiger partial charge in [0.15, 0.2) is 0 Å². The minimum Gasteiger partial charge on any atom is -0.352 e. The Morgan fingerprint density at radius 3 is 2.54 bits per heavy atom. The molecule has 1 amide bonds. The molecule has 150 valence electrons. The van der Waals surface area contributed by atoms with Crippen LogP contribution >= 0.6 is 0 Å². The first-order valence-corrected chi connectivity index (χ1v) is 10.6. The van der Waals surface area contributed by atoms with E-state index in [4.69, 9.17) is 0 Å². The molecule has 0 bridgehead atoms. The van der Waals surface area contributed by atoms with Gasteiger partial charge in [-0.15, -0.1) is 0 Å². The summed E-state index contributed by atoms with van der Waals surface area (Å²) in [5.41, 5.74) is 1.37. The summed E-state index contributed by atoms with van der Waals surface area (Å²) < 4.78 is 41.5. The first kappa shape index (κ1) is 20.3. The summed E-state index contributed by atoms with van der Waals surface area (Å²) in [6.45, 7) is 0.906. The van der Waals surface area contributed by atoms with Crippen LogP contribution in [0.25, 0.3) is 0 Å². The van der Waals surface area contributed by atoms with Crippen molar-refractivity contribution in [2.24, 2.45) is 5.92 Å². The summed E-state index contributed by atoms with van der Waals surface area (Å²) in [5, 5.41) is 2.89. The van der Waals surface area contributed by atoms with Gasteiger partial charge in [0.2, 0.25) is 5.91 Å². The highest BCUT2D eigenvalue weighted by molar-refractivity contribution is 7.90. The summed E-state index contributed by atoms with van der Waals surface area (Å²) in [5.74, 6) is -0.968. The number of rotatable bonds is 6. The number of piperidine rings is 1. The maximum atomic E-state index is 13.1. The Labute approximate surface area is 165 Å². The topological polar surface area (TPSA) is 69.7 Å². The predicted octanol–water partition coefficient (Wildman–Crippen LogP) is 2.54. The third kappa shape index (κ3) is 4.69. The molecule has 0 radical (unpaired) electrons. The van der Waals surface area contributed by atoms with Crippen LogP contribution in [0.15, 0.2) is 54.6 Å². The molecular formula is C20H24FN3O3S. The second-order valence-corrected chi connectivity index (χ2v) is 8.81. The summed E-state index contributed by atoms with van der Waals surface area (Å²) in [7, 11) is -2.37. The first-order chi connectivity index (χ1) is 13.4. The molecule has 2 aromatic rings. The highest BCUT2D eigenvalue weighted by Gasteiger charge is 2.34. The Morgan fingerprint density at radius 1 is 1.18 bits per heavy atom. The molecule has 28 heavy (non-hydrogen) atoms. The molecular weight excluding hydrogens is 381 g/mol. The molecule has 2 aromatic carbocycles. The summed E-state index contributed by atoms with van der Waals surface area (Å²) in [4.78, 5) is 12.5. The number of hydrogen-bond acceptors (Lipinski definition) is 3. The molecule has 1 heterocycles.